The molecule has 2 aromatic rings. The summed E-state index contributed by atoms with van der Waals surface area (Å²) in [5, 5.41) is 3.08. The van der Waals surface area contributed by atoms with Crippen molar-refractivity contribution in [3.8, 4) is 0 Å². The monoisotopic (exact) mass is 264 g/mol. The molecular formula is C13H20N4O2. The third-order valence-electron chi connectivity index (χ3n) is 2.66. The van der Waals surface area contributed by atoms with Crippen molar-refractivity contribution in [3.63, 3.8) is 0 Å². The van der Waals surface area contributed by atoms with E-state index in [1.165, 1.54) is 0 Å². The summed E-state index contributed by atoms with van der Waals surface area (Å²) in [7, 11) is 4.04. The largest absolute Gasteiger partial charge is 0.423 e. The van der Waals surface area contributed by atoms with Gasteiger partial charge in [-0.05, 0) is 26.2 Å². The number of anilines is 2. The maximum absolute atomic E-state index is 5.81. The molecule has 0 unspecified atom stereocenters. The van der Waals surface area contributed by atoms with Crippen LogP contribution in [0.2, 0.25) is 0 Å². The number of benzene rings is 1. The predicted octanol–water partition coefficient (Wildman–Crippen LogP) is 1.40. The van der Waals surface area contributed by atoms with Gasteiger partial charge >= 0.3 is 0 Å². The molecule has 0 saturated heterocycles. The van der Waals surface area contributed by atoms with E-state index in [-0.39, 0.29) is 0 Å². The molecule has 0 aliphatic carbocycles. The van der Waals surface area contributed by atoms with E-state index >= 15 is 0 Å². The molecule has 19 heavy (non-hydrogen) atoms. The van der Waals surface area contributed by atoms with E-state index in [2.05, 4.69) is 15.2 Å². The molecule has 0 aliphatic rings. The molecule has 6 heteroatoms. The minimum atomic E-state index is 0.476. The number of ether oxygens (including phenoxy) is 1. The zero-order chi connectivity index (χ0) is 13.7. The first-order chi connectivity index (χ1) is 9.16. The number of aromatic nitrogens is 1. The van der Waals surface area contributed by atoms with Crippen molar-refractivity contribution in [1.29, 1.82) is 0 Å². The maximum Gasteiger partial charge on any atom is 0.295 e. The molecule has 0 fully saturated rings. The van der Waals surface area contributed by atoms with Crippen LogP contribution in [0, 0.1) is 0 Å². The Morgan fingerprint density at radius 3 is 2.95 bits per heavy atom. The number of nitrogens with one attached hydrogen (secondary N) is 1. The van der Waals surface area contributed by atoms with E-state index in [1.54, 1.807) is 6.07 Å². The molecule has 0 spiro atoms. The molecule has 6 nitrogen and oxygen atoms in total. The smallest absolute Gasteiger partial charge is 0.295 e. The number of rotatable bonds is 7. The van der Waals surface area contributed by atoms with Crippen LogP contribution in [0.25, 0.3) is 11.1 Å². The van der Waals surface area contributed by atoms with Gasteiger partial charge in [-0.15, -0.1) is 0 Å². The molecule has 104 valence electrons. The summed E-state index contributed by atoms with van der Waals surface area (Å²) in [5.74, 6) is 0. The van der Waals surface area contributed by atoms with Crippen molar-refractivity contribution in [1.82, 2.24) is 9.88 Å². The quantitative estimate of drug-likeness (QED) is 0.581. The van der Waals surface area contributed by atoms with Crippen LogP contribution in [0.4, 0.5) is 11.7 Å². The van der Waals surface area contributed by atoms with Crippen LogP contribution in [0.5, 0.6) is 0 Å². The second kappa shape index (κ2) is 6.40. The molecule has 0 saturated carbocycles. The number of nitrogen functional groups attached to an aromatic ring is 1. The fourth-order valence-corrected chi connectivity index (χ4v) is 1.62. The minimum Gasteiger partial charge on any atom is -0.423 e. The van der Waals surface area contributed by atoms with E-state index in [0.29, 0.717) is 36.0 Å². The SMILES string of the molecule is CN(C)CCOCCNc1nc2c(N)cccc2o1. The number of hydrogen-bond acceptors (Lipinski definition) is 6. The van der Waals surface area contributed by atoms with Crippen molar-refractivity contribution in [2.24, 2.45) is 0 Å². The van der Waals surface area contributed by atoms with Crippen molar-refractivity contribution in [2.75, 3.05) is 51.4 Å². The normalized spacial score (nSPS) is 11.3. The van der Waals surface area contributed by atoms with Gasteiger partial charge in [-0.2, -0.15) is 4.98 Å². The number of likely N-dealkylation sites (N-methyl/N-ethyl adjacent to an activating group) is 1. The molecule has 0 radical (unpaired) electrons. The highest BCUT2D eigenvalue weighted by molar-refractivity contribution is 5.86. The van der Waals surface area contributed by atoms with E-state index < -0.39 is 0 Å². The van der Waals surface area contributed by atoms with Gasteiger partial charge in [0.1, 0.15) is 5.52 Å². The molecule has 0 amide bonds. The van der Waals surface area contributed by atoms with Gasteiger partial charge in [0, 0.05) is 13.1 Å². The highest BCUT2D eigenvalue weighted by atomic mass is 16.5. The highest BCUT2D eigenvalue weighted by Gasteiger charge is 2.06. The van der Waals surface area contributed by atoms with E-state index in [0.717, 1.165) is 13.2 Å². The van der Waals surface area contributed by atoms with Crippen LogP contribution in [0.1, 0.15) is 0 Å². The number of fused-ring (bicyclic) bond motifs is 1. The van der Waals surface area contributed by atoms with E-state index in [9.17, 15) is 0 Å². The summed E-state index contributed by atoms with van der Waals surface area (Å²) in [6, 6.07) is 5.97. The Labute approximate surface area is 112 Å². The zero-order valence-corrected chi connectivity index (χ0v) is 11.3. The third kappa shape index (κ3) is 3.84. The fourth-order valence-electron chi connectivity index (χ4n) is 1.62. The van der Waals surface area contributed by atoms with Gasteiger partial charge in [-0.1, -0.05) is 6.07 Å². The molecule has 0 aliphatic heterocycles. The van der Waals surface area contributed by atoms with Gasteiger partial charge in [-0.3, -0.25) is 0 Å². The van der Waals surface area contributed by atoms with Crippen molar-refractivity contribution < 1.29 is 9.15 Å². The Balaban J connectivity index is 1.77. The van der Waals surface area contributed by atoms with Gasteiger partial charge in [0.2, 0.25) is 0 Å². The Bertz CT molecular complexity index is 524. The molecule has 2 rings (SSSR count). The average molecular weight is 264 g/mol. The summed E-state index contributed by atoms with van der Waals surface area (Å²) in [5.41, 5.74) is 7.82. The summed E-state index contributed by atoms with van der Waals surface area (Å²) in [4.78, 5) is 6.37. The highest BCUT2D eigenvalue weighted by Crippen LogP contribution is 2.23. The van der Waals surface area contributed by atoms with Gasteiger partial charge in [0.25, 0.3) is 6.01 Å². The lowest BCUT2D eigenvalue weighted by atomic mass is 10.3. The number of para-hydroxylation sites is 1. The van der Waals surface area contributed by atoms with Crippen LogP contribution < -0.4 is 11.1 Å². The lowest BCUT2D eigenvalue weighted by molar-refractivity contribution is 0.126. The number of hydrogen-bond donors (Lipinski definition) is 2. The van der Waals surface area contributed by atoms with Crippen LogP contribution in [0.3, 0.4) is 0 Å². The topological polar surface area (TPSA) is 76.5 Å². The van der Waals surface area contributed by atoms with Crippen molar-refractivity contribution in [3.05, 3.63) is 18.2 Å². The molecule has 3 N–H and O–H groups in total. The summed E-state index contributed by atoms with van der Waals surface area (Å²) in [6.07, 6.45) is 0. The first kappa shape index (κ1) is 13.6. The van der Waals surface area contributed by atoms with Crippen LogP contribution in [0.15, 0.2) is 22.6 Å². The zero-order valence-electron chi connectivity index (χ0n) is 11.3. The number of nitrogens with two attached hydrogens (primary N) is 1. The predicted molar refractivity (Wildman–Crippen MR) is 76.3 cm³/mol. The van der Waals surface area contributed by atoms with Gasteiger partial charge < -0.3 is 25.1 Å². The maximum atomic E-state index is 5.81. The molecule has 0 bridgehead atoms. The van der Waals surface area contributed by atoms with Crippen LogP contribution in [-0.4, -0.2) is 50.3 Å². The molecule has 1 aromatic heterocycles. The second-order valence-corrected chi connectivity index (χ2v) is 4.56. The lowest BCUT2D eigenvalue weighted by Gasteiger charge is -2.09. The van der Waals surface area contributed by atoms with Crippen molar-refractivity contribution in [2.45, 2.75) is 0 Å². The molecule has 0 atom stereocenters. The molecular weight excluding hydrogens is 244 g/mol. The average Bonchev–Trinajstić information content (AvgIpc) is 2.78. The third-order valence-corrected chi connectivity index (χ3v) is 2.66. The van der Waals surface area contributed by atoms with Crippen LogP contribution >= 0.6 is 0 Å². The molecule has 1 heterocycles. The van der Waals surface area contributed by atoms with Crippen molar-refractivity contribution >= 4 is 22.8 Å². The second-order valence-electron chi connectivity index (χ2n) is 4.56. The lowest BCUT2D eigenvalue weighted by Crippen LogP contribution is -2.20. The van der Waals surface area contributed by atoms with Crippen LogP contribution in [-0.2, 0) is 4.74 Å². The Kier molecular flexibility index (Phi) is 4.59. The first-order valence-corrected chi connectivity index (χ1v) is 6.28. The fraction of sp³-hybridized carbons (Fsp3) is 0.462. The Hall–Kier alpha value is -1.79. The first-order valence-electron chi connectivity index (χ1n) is 6.28. The van der Waals surface area contributed by atoms with Gasteiger partial charge in [0.05, 0.1) is 18.9 Å². The van der Waals surface area contributed by atoms with E-state index in [4.69, 9.17) is 14.9 Å². The summed E-state index contributed by atoms with van der Waals surface area (Å²) < 4.78 is 11.0. The Morgan fingerprint density at radius 2 is 2.21 bits per heavy atom. The summed E-state index contributed by atoms with van der Waals surface area (Å²) >= 11 is 0. The Morgan fingerprint density at radius 1 is 1.37 bits per heavy atom. The number of oxazole rings is 1. The van der Waals surface area contributed by atoms with Gasteiger partial charge in [0.15, 0.2) is 5.58 Å². The number of nitrogens with zero attached hydrogens (tertiary/aromatic N) is 2. The molecule has 1 aromatic carbocycles. The van der Waals surface area contributed by atoms with Gasteiger partial charge in [-0.25, -0.2) is 0 Å². The standard InChI is InChI=1S/C13H20N4O2/c1-17(2)7-9-18-8-6-15-13-16-12-10(14)4-3-5-11(12)19-13/h3-5H,6-9,14H2,1-2H3,(H,15,16). The summed E-state index contributed by atoms with van der Waals surface area (Å²) in [6.45, 7) is 2.90. The minimum absolute atomic E-state index is 0.476. The van der Waals surface area contributed by atoms with E-state index in [1.807, 2.05) is 26.2 Å².